The number of carbonyl (C=O) groups is 1. The van der Waals surface area contributed by atoms with Gasteiger partial charge in [-0.05, 0) is 55.5 Å². The number of pyridine rings is 1. The number of aromatic amines is 1. The van der Waals surface area contributed by atoms with Gasteiger partial charge in [0.25, 0.3) is 5.56 Å². The molecular formula is C26H31N5O2. The topological polar surface area (TPSA) is 91.0 Å². The Hall–Kier alpha value is -3.32. The fourth-order valence-electron chi connectivity index (χ4n) is 4.43. The molecule has 2 N–H and O–H groups in total. The molecule has 3 aromatic rings. The van der Waals surface area contributed by atoms with Crippen LogP contribution in [0.5, 0.6) is 0 Å². The monoisotopic (exact) mass is 445 g/mol. The zero-order valence-corrected chi connectivity index (χ0v) is 19.3. The zero-order chi connectivity index (χ0) is 23.2. The van der Waals surface area contributed by atoms with Crippen LogP contribution >= 0.6 is 0 Å². The number of nitrogens with zero attached hydrogens (tertiary/aromatic N) is 3. The van der Waals surface area contributed by atoms with E-state index in [9.17, 15) is 9.59 Å². The van der Waals surface area contributed by atoms with Crippen LogP contribution in [0.25, 0.3) is 11.4 Å². The number of benzene rings is 1. The lowest BCUT2D eigenvalue weighted by Crippen LogP contribution is -2.34. The van der Waals surface area contributed by atoms with Crippen LogP contribution in [0.2, 0.25) is 0 Å². The van der Waals surface area contributed by atoms with Gasteiger partial charge in [0.2, 0.25) is 5.91 Å². The summed E-state index contributed by atoms with van der Waals surface area (Å²) in [5.41, 5.74) is 3.72. The van der Waals surface area contributed by atoms with Gasteiger partial charge in [0.1, 0.15) is 5.82 Å². The van der Waals surface area contributed by atoms with E-state index in [1.807, 2.05) is 18.2 Å². The minimum Gasteiger partial charge on any atom is -0.352 e. The Labute approximate surface area is 194 Å². The molecule has 3 heterocycles. The fraction of sp³-hybridized carbons (Fsp3) is 0.385. The predicted octanol–water partition coefficient (Wildman–Crippen LogP) is 3.23. The summed E-state index contributed by atoms with van der Waals surface area (Å²) in [5.74, 6) is 0.988. The molecule has 0 spiro atoms. The first-order valence-electron chi connectivity index (χ1n) is 11.6. The smallest absolute Gasteiger partial charge is 0.255 e. The molecule has 1 saturated heterocycles. The van der Waals surface area contributed by atoms with Crippen molar-refractivity contribution in [2.75, 3.05) is 13.1 Å². The highest BCUT2D eigenvalue weighted by molar-refractivity contribution is 5.78. The Balaban J connectivity index is 1.40. The number of carbonyl (C=O) groups excluding carboxylic acids is 1. The molecule has 1 unspecified atom stereocenters. The Morgan fingerprint density at radius 3 is 2.76 bits per heavy atom. The number of hydrogen-bond acceptors (Lipinski definition) is 5. The molecule has 2 aromatic heterocycles. The SMILES string of the molecule is Cc1nc(-c2cccnc2)[nH]c(=O)c1CC(=O)NCc1ccccc1CN1CCCC(C)C1. The lowest BCUT2D eigenvalue weighted by atomic mass is 9.99. The second-order valence-electron chi connectivity index (χ2n) is 8.92. The molecule has 1 fully saturated rings. The van der Waals surface area contributed by atoms with Gasteiger partial charge in [0, 0.05) is 48.8 Å². The Bertz CT molecular complexity index is 1160. The van der Waals surface area contributed by atoms with Gasteiger partial charge in [-0.15, -0.1) is 0 Å². The minimum absolute atomic E-state index is 0.00665. The first kappa shape index (κ1) is 22.9. The van der Waals surface area contributed by atoms with E-state index in [-0.39, 0.29) is 17.9 Å². The third-order valence-corrected chi connectivity index (χ3v) is 6.22. The van der Waals surface area contributed by atoms with Crippen molar-refractivity contribution in [3.8, 4) is 11.4 Å². The molecule has 1 aromatic carbocycles. The number of aromatic nitrogens is 3. The molecule has 1 aliphatic heterocycles. The van der Waals surface area contributed by atoms with Crippen molar-refractivity contribution in [2.45, 2.75) is 46.2 Å². The van der Waals surface area contributed by atoms with Gasteiger partial charge in [0.15, 0.2) is 0 Å². The second kappa shape index (κ2) is 10.5. The van der Waals surface area contributed by atoms with E-state index in [1.165, 1.54) is 18.4 Å². The number of piperidine rings is 1. The molecule has 4 rings (SSSR count). The molecule has 0 saturated carbocycles. The standard InChI is InChI=1S/C26H31N5O2/c1-18-7-6-12-31(16-18)17-22-9-4-3-8-20(22)15-28-24(32)13-23-19(2)29-25(30-26(23)33)21-10-5-11-27-14-21/h3-5,8-11,14,18H,6-7,12-13,15-17H2,1-2H3,(H,28,32)(H,29,30,33). The van der Waals surface area contributed by atoms with E-state index in [0.29, 0.717) is 23.6 Å². The maximum absolute atomic E-state index is 12.7. The van der Waals surface area contributed by atoms with E-state index in [0.717, 1.165) is 36.7 Å². The molecule has 1 amide bonds. The van der Waals surface area contributed by atoms with Gasteiger partial charge in [-0.25, -0.2) is 4.98 Å². The normalized spacial score (nSPS) is 16.5. The van der Waals surface area contributed by atoms with Crippen molar-refractivity contribution in [2.24, 2.45) is 5.92 Å². The fourth-order valence-corrected chi connectivity index (χ4v) is 4.43. The van der Waals surface area contributed by atoms with Gasteiger partial charge in [0.05, 0.1) is 6.42 Å². The van der Waals surface area contributed by atoms with Crippen LogP contribution in [0.4, 0.5) is 0 Å². The summed E-state index contributed by atoms with van der Waals surface area (Å²) in [5, 5.41) is 2.99. The highest BCUT2D eigenvalue weighted by Crippen LogP contribution is 2.19. The predicted molar refractivity (Wildman–Crippen MR) is 128 cm³/mol. The van der Waals surface area contributed by atoms with Gasteiger partial charge in [-0.3, -0.25) is 19.5 Å². The van der Waals surface area contributed by atoms with Gasteiger partial charge < -0.3 is 10.3 Å². The summed E-state index contributed by atoms with van der Waals surface area (Å²) in [7, 11) is 0. The number of likely N-dealkylation sites (tertiary alicyclic amines) is 1. The number of rotatable bonds is 7. The lowest BCUT2D eigenvalue weighted by Gasteiger charge is -2.31. The van der Waals surface area contributed by atoms with E-state index in [1.54, 1.807) is 25.4 Å². The van der Waals surface area contributed by atoms with Crippen LogP contribution < -0.4 is 10.9 Å². The van der Waals surface area contributed by atoms with Crippen molar-refractivity contribution < 1.29 is 4.79 Å². The molecule has 0 radical (unpaired) electrons. The molecule has 1 atom stereocenters. The van der Waals surface area contributed by atoms with Crippen molar-refractivity contribution in [3.63, 3.8) is 0 Å². The number of hydrogen-bond donors (Lipinski definition) is 2. The third-order valence-electron chi connectivity index (χ3n) is 6.22. The molecule has 7 nitrogen and oxygen atoms in total. The van der Waals surface area contributed by atoms with Crippen molar-refractivity contribution in [3.05, 3.63) is 81.5 Å². The molecular weight excluding hydrogens is 414 g/mol. The number of aryl methyl sites for hydroxylation is 1. The average molecular weight is 446 g/mol. The largest absolute Gasteiger partial charge is 0.352 e. The van der Waals surface area contributed by atoms with E-state index >= 15 is 0 Å². The summed E-state index contributed by atoms with van der Waals surface area (Å²) in [6.07, 6.45) is 5.84. The summed E-state index contributed by atoms with van der Waals surface area (Å²) in [6.45, 7) is 7.64. The van der Waals surface area contributed by atoms with E-state index in [2.05, 4.69) is 44.2 Å². The first-order valence-corrected chi connectivity index (χ1v) is 11.6. The third kappa shape index (κ3) is 5.93. The second-order valence-corrected chi connectivity index (χ2v) is 8.92. The number of amides is 1. The summed E-state index contributed by atoms with van der Waals surface area (Å²) < 4.78 is 0. The van der Waals surface area contributed by atoms with Gasteiger partial charge in [-0.2, -0.15) is 0 Å². The van der Waals surface area contributed by atoms with E-state index < -0.39 is 0 Å². The van der Waals surface area contributed by atoms with Crippen molar-refractivity contribution in [1.82, 2.24) is 25.2 Å². The molecule has 0 bridgehead atoms. The summed E-state index contributed by atoms with van der Waals surface area (Å²) in [6, 6.07) is 11.9. The van der Waals surface area contributed by atoms with Crippen LogP contribution in [-0.2, 0) is 24.3 Å². The van der Waals surface area contributed by atoms with Crippen LogP contribution in [-0.4, -0.2) is 38.8 Å². The van der Waals surface area contributed by atoms with Crippen LogP contribution in [0.1, 0.15) is 42.1 Å². The highest BCUT2D eigenvalue weighted by Gasteiger charge is 2.18. The van der Waals surface area contributed by atoms with Crippen molar-refractivity contribution in [1.29, 1.82) is 0 Å². The first-order chi connectivity index (χ1) is 16.0. The van der Waals surface area contributed by atoms with Crippen molar-refractivity contribution >= 4 is 5.91 Å². The number of H-pyrrole nitrogens is 1. The maximum Gasteiger partial charge on any atom is 0.255 e. The molecule has 1 aliphatic rings. The number of nitrogens with one attached hydrogen (secondary N) is 2. The molecule has 0 aliphatic carbocycles. The zero-order valence-electron chi connectivity index (χ0n) is 19.3. The van der Waals surface area contributed by atoms with Crippen LogP contribution in [0.15, 0.2) is 53.6 Å². The molecule has 33 heavy (non-hydrogen) atoms. The van der Waals surface area contributed by atoms with Crippen LogP contribution in [0.3, 0.4) is 0 Å². The molecule has 172 valence electrons. The average Bonchev–Trinajstić information content (AvgIpc) is 2.81. The van der Waals surface area contributed by atoms with Gasteiger partial charge in [-0.1, -0.05) is 31.2 Å². The molecule has 7 heteroatoms. The summed E-state index contributed by atoms with van der Waals surface area (Å²) >= 11 is 0. The Morgan fingerprint density at radius 2 is 2.03 bits per heavy atom. The Kier molecular flexibility index (Phi) is 7.29. The quantitative estimate of drug-likeness (QED) is 0.583. The summed E-state index contributed by atoms with van der Waals surface area (Å²) in [4.78, 5) is 39.1. The lowest BCUT2D eigenvalue weighted by molar-refractivity contribution is -0.120. The van der Waals surface area contributed by atoms with E-state index in [4.69, 9.17) is 0 Å². The van der Waals surface area contributed by atoms with Gasteiger partial charge >= 0.3 is 0 Å². The minimum atomic E-state index is -0.295. The maximum atomic E-state index is 12.7. The Morgan fingerprint density at radius 1 is 1.21 bits per heavy atom. The van der Waals surface area contributed by atoms with Crippen LogP contribution in [0, 0.1) is 12.8 Å². The highest BCUT2D eigenvalue weighted by atomic mass is 16.2.